The molecule has 2 rings (SSSR count). The lowest BCUT2D eigenvalue weighted by atomic mass is 10.1. The number of carbonyl (C=O) groups excluding carboxylic acids is 2. The number of nitrogens with one attached hydrogen (secondary N) is 2. The summed E-state index contributed by atoms with van der Waals surface area (Å²) in [5.74, 6) is -0.398. The number of benzene rings is 1. The molecule has 0 saturated carbocycles. The number of ether oxygens (including phenoxy) is 1. The molecule has 2 aromatic rings. The van der Waals surface area contributed by atoms with Crippen molar-refractivity contribution in [3.63, 3.8) is 0 Å². The fraction of sp³-hybridized carbons (Fsp3) is 0.368. The van der Waals surface area contributed by atoms with E-state index in [1.54, 1.807) is 6.07 Å². The van der Waals surface area contributed by atoms with Gasteiger partial charge in [0.15, 0.2) is 0 Å². The summed E-state index contributed by atoms with van der Waals surface area (Å²) in [7, 11) is 0. The number of thiophene rings is 1. The highest BCUT2D eigenvalue weighted by molar-refractivity contribution is 7.12. The fourth-order valence-electron chi connectivity index (χ4n) is 2.35. The molecule has 2 amide bonds. The van der Waals surface area contributed by atoms with Gasteiger partial charge in [0, 0.05) is 26.2 Å². The Morgan fingerprint density at radius 2 is 1.96 bits per heavy atom. The summed E-state index contributed by atoms with van der Waals surface area (Å²) < 4.78 is 5.27. The molecule has 2 N–H and O–H groups in total. The van der Waals surface area contributed by atoms with Crippen LogP contribution >= 0.6 is 11.3 Å². The second kappa shape index (κ2) is 10.6. The van der Waals surface area contributed by atoms with Crippen LogP contribution in [0.15, 0.2) is 47.8 Å². The van der Waals surface area contributed by atoms with E-state index in [1.807, 2.05) is 48.7 Å². The fourth-order valence-corrected chi connectivity index (χ4v) is 2.98. The molecule has 0 fully saturated rings. The number of hydrogen-bond acceptors (Lipinski definition) is 4. The number of hydrogen-bond donors (Lipinski definition) is 2. The van der Waals surface area contributed by atoms with Gasteiger partial charge in [0.2, 0.25) is 5.91 Å². The summed E-state index contributed by atoms with van der Waals surface area (Å²) in [5, 5.41) is 7.57. The van der Waals surface area contributed by atoms with Crippen molar-refractivity contribution in [2.24, 2.45) is 0 Å². The lowest BCUT2D eigenvalue weighted by Crippen LogP contribution is -2.48. The van der Waals surface area contributed by atoms with Crippen molar-refractivity contribution >= 4 is 23.2 Å². The van der Waals surface area contributed by atoms with E-state index < -0.39 is 6.04 Å². The van der Waals surface area contributed by atoms with Crippen LogP contribution < -0.4 is 10.6 Å². The first-order chi connectivity index (χ1) is 12.2. The third-order valence-electron chi connectivity index (χ3n) is 3.62. The van der Waals surface area contributed by atoms with E-state index in [9.17, 15) is 9.59 Å². The molecule has 1 aromatic heterocycles. The summed E-state index contributed by atoms with van der Waals surface area (Å²) >= 11 is 1.36. The lowest BCUT2D eigenvalue weighted by Gasteiger charge is -2.18. The van der Waals surface area contributed by atoms with Crippen molar-refractivity contribution < 1.29 is 14.3 Å². The quantitative estimate of drug-likeness (QED) is 0.640. The van der Waals surface area contributed by atoms with Gasteiger partial charge in [-0.1, -0.05) is 36.4 Å². The maximum atomic E-state index is 12.5. The maximum Gasteiger partial charge on any atom is 0.262 e. The molecule has 134 valence electrons. The molecule has 0 radical (unpaired) electrons. The predicted octanol–water partition coefficient (Wildman–Crippen LogP) is 2.63. The minimum atomic E-state index is -0.607. The van der Waals surface area contributed by atoms with Crippen LogP contribution in [0, 0.1) is 0 Å². The van der Waals surface area contributed by atoms with Crippen molar-refractivity contribution in [3.05, 3.63) is 58.3 Å². The Labute approximate surface area is 152 Å². The van der Waals surface area contributed by atoms with Crippen molar-refractivity contribution in [3.8, 4) is 0 Å². The van der Waals surface area contributed by atoms with Crippen LogP contribution in [0.2, 0.25) is 0 Å². The Morgan fingerprint density at radius 1 is 1.16 bits per heavy atom. The summed E-state index contributed by atoms with van der Waals surface area (Å²) in [6, 6.07) is 12.6. The van der Waals surface area contributed by atoms with Crippen LogP contribution in [0.3, 0.4) is 0 Å². The number of rotatable bonds is 10. The smallest absolute Gasteiger partial charge is 0.262 e. The zero-order valence-electron chi connectivity index (χ0n) is 14.4. The van der Waals surface area contributed by atoms with E-state index in [-0.39, 0.29) is 11.8 Å². The number of amides is 2. The predicted molar refractivity (Wildman–Crippen MR) is 99.8 cm³/mol. The molecule has 25 heavy (non-hydrogen) atoms. The lowest BCUT2D eigenvalue weighted by molar-refractivity contribution is -0.123. The average molecular weight is 360 g/mol. The molecular formula is C19H24N2O3S. The van der Waals surface area contributed by atoms with Gasteiger partial charge in [0.05, 0.1) is 4.88 Å². The minimum absolute atomic E-state index is 0.176. The normalized spacial score (nSPS) is 11.7. The molecule has 0 aliphatic heterocycles. The standard InChI is InChI=1S/C19H24N2O3S/c1-2-24-12-7-11-20-18(22)16(14-15-8-4-3-5-9-15)21-19(23)17-10-6-13-25-17/h3-6,8-10,13,16H,2,7,11-12,14H2,1H3,(H,20,22)(H,21,23)/t16-/m0/s1. The van der Waals surface area contributed by atoms with E-state index in [4.69, 9.17) is 4.74 Å². The molecule has 6 heteroatoms. The monoisotopic (exact) mass is 360 g/mol. The maximum absolute atomic E-state index is 12.5. The molecule has 0 unspecified atom stereocenters. The Morgan fingerprint density at radius 3 is 2.64 bits per heavy atom. The molecular weight excluding hydrogens is 336 g/mol. The minimum Gasteiger partial charge on any atom is -0.382 e. The second-order valence-corrected chi connectivity index (χ2v) is 6.48. The molecule has 0 aliphatic rings. The Balaban J connectivity index is 1.95. The zero-order chi connectivity index (χ0) is 17.9. The van der Waals surface area contributed by atoms with Crippen molar-refractivity contribution in [1.29, 1.82) is 0 Å². The van der Waals surface area contributed by atoms with Crippen LogP contribution in [-0.2, 0) is 16.0 Å². The highest BCUT2D eigenvalue weighted by Crippen LogP contribution is 2.10. The van der Waals surface area contributed by atoms with E-state index in [0.29, 0.717) is 31.1 Å². The second-order valence-electron chi connectivity index (χ2n) is 5.53. The molecule has 1 heterocycles. The van der Waals surface area contributed by atoms with Gasteiger partial charge in [-0.15, -0.1) is 11.3 Å². The molecule has 1 aromatic carbocycles. The molecule has 1 atom stereocenters. The van der Waals surface area contributed by atoms with Crippen LogP contribution in [0.25, 0.3) is 0 Å². The highest BCUT2D eigenvalue weighted by atomic mass is 32.1. The Kier molecular flexibility index (Phi) is 8.15. The van der Waals surface area contributed by atoms with Gasteiger partial charge in [-0.2, -0.15) is 0 Å². The summed E-state index contributed by atoms with van der Waals surface area (Å²) in [6.07, 6.45) is 1.20. The first-order valence-electron chi connectivity index (χ1n) is 8.44. The molecule has 0 saturated heterocycles. The van der Waals surface area contributed by atoms with Gasteiger partial charge in [-0.05, 0) is 30.4 Å². The zero-order valence-corrected chi connectivity index (χ0v) is 15.2. The van der Waals surface area contributed by atoms with Gasteiger partial charge < -0.3 is 15.4 Å². The largest absolute Gasteiger partial charge is 0.382 e. The van der Waals surface area contributed by atoms with E-state index in [2.05, 4.69) is 10.6 Å². The third kappa shape index (κ3) is 6.68. The highest BCUT2D eigenvalue weighted by Gasteiger charge is 2.22. The van der Waals surface area contributed by atoms with E-state index in [1.165, 1.54) is 11.3 Å². The van der Waals surface area contributed by atoms with Gasteiger partial charge in [0.1, 0.15) is 6.04 Å². The van der Waals surface area contributed by atoms with E-state index >= 15 is 0 Å². The summed E-state index contributed by atoms with van der Waals surface area (Å²) in [4.78, 5) is 25.4. The molecule has 0 aliphatic carbocycles. The van der Waals surface area contributed by atoms with Gasteiger partial charge in [-0.25, -0.2) is 0 Å². The first kappa shape index (κ1) is 19.1. The van der Waals surface area contributed by atoms with Crippen molar-refractivity contribution in [2.75, 3.05) is 19.8 Å². The Hall–Kier alpha value is -2.18. The third-order valence-corrected chi connectivity index (χ3v) is 4.49. The first-order valence-corrected chi connectivity index (χ1v) is 9.32. The number of carbonyl (C=O) groups is 2. The van der Waals surface area contributed by atoms with Crippen LogP contribution in [0.1, 0.15) is 28.6 Å². The van der Waals surface area contributed by atoms with Crippen LogP contribution in [0.5, 0.6) is 0 Å². The van der Waals surface area contributed by atoms with Crippen molar-refractivity contribution in [2.45, 2.75) is 25.8 Å². The SMILES string of the molecule is CCOCCCNC(=O)[C@H](Cc1ccccc1)NC(=O)c1cccs1. The average Bonchev–Trinajstić information content (AvgIpc) is 3.16. The van der Waals surface area contributed by atoms with Gasteiger partial charge in [0.25, 0.3) is 5.91 Å². The van der Waals surface area contributed by atoms with Crippen LogP contribution in [-0.4, -0.2) is 37.6 Å². The molecule has 0 bridgehead atoms. The van der Waals surface area contributed by atoms with Gasteiger partial charge >= 0.3 is 0 Å². The van der Waals surface area contributed by atoms with Gasteiger partial charge in [-0.3, -0.25) is 9.59 Å². The van der Waals surface area contributed by atoms with E-state index in [0.717, 1.165) is 12.0 Å². The summed E-state index contributed by atoms with van der Waals surface area (Å²) in [6.45, 7) is 3.75. The summed E-state index contributed by atoms with van der Waals surface area (Å²) in [5.41, 5.74) is 1.00. The van der Waals surface area contributed by atoms with Crippen LogP contribution in [0.4, 0.5) is 0 Å². The van der Waals surface area contributed by atoms with Crippen molar-refractivity contribution in [1.82, 2.24) is 10.6 Å². The Bertz CT molecular complexity index is 644. The molecule has 5 nitrogen and oxygen atoms in total. The molecule has 0 spiro atoms. The topological polar surface area (TPSA) is 67.4 Å².